The van der Waals surface area contributed by atoms with Gasteiger partial charge in [0.05, 0.1) is 5.52 Å². The zero-order valence-electron chi connectivity index (χ0n) is 12.3. The van der Waals surface area contributed by atoms with Crippen LogP contribution in [-0.4, -0.2) is 36.1 Å². The van der Waals surface area contributed by atoms with Gasteiger partial charge < -0.3 is 5.32 Å². The fourth-order valence-corrected chi connectivity index (χ4v) is 3.08. The van der Waals surface area contributed by atoms with Crippen molar-refractivity contribution in [3.8, 4) is 0 Å². The lowest BCUT2D eigenvalue weighted by Crippen LogP contribution is -2.45. The van der Waals surface area contributed by atoms with E-state index in [1.165, 1.54) is 10.9 Å². The Balaban J connectivity index is 0.00000110. The van der Waals surface area contributed by atoms with Gasteiger partial charge in [0, 0.05) is 43.8 Å². The Kier molecular flexibility index (Phi) is 7.40. The third-order valence-corrected chi connectivity index (χ3v) is 4.02. The Morgan fingerprint density at radius 3 is 2.57 bits per heavy atom. The van der Waals surface area contributed by atoms with Crippen LogP contribution in [0.4, 0.5) is 0 Å². The Morgan fingerprint density at radius 1 is 1.14 bits per heavy atom. The van der Waals surface area contributed by atoms with Gasteiger partial charge in [-0.3, -0.25) is 9.88 Å². The van der Waals surface area contributed by atoms with Crippen molar-refractivity contribution < 1.29 is 0 Å². The molecular weight excluding hydrogens is 305 g/mol. The van der Waals surface area contributed by atoms with E-state index in [-0.39, 0.29) is 24.8 Å². The monoisotopic (exact) mass is 327 g/mol. The van der Waals surface area contributed by atoms with Crippen molar-refractivity contribution in [2.75, 3.05) is 26.2 Å². The summed E-state index contributed by atoms with van der Waals surface area (Å²) in [5, 5.41) is 4.73. The van der Waals surface area contributed by atoms with E-state index in [4.69, 9.17) is 0 Å². The third-order valence-electron chi connectivity index (χ3n) is 4.02. The van der Waals surface area contributed by atoms with E-state index in [0.29, 0.717) is 6.04 Å². The minimum absolute atomic E-state index is 0. The van der Waals surface area contributed by atoms with E-state index in [9.17, 15) is 0 Å². The molecule has 3 rings (SSSR count). The van der Waals surface area contributed by atoms with Crippen LogP contribution in [0, 0.1) is 0 Å². The number of rotatable bonds is 3. The lowest BCUT2D eigenvalue weighted by molar-refractivity contribution is 0.170. The van der Waals surface area contributed by atoms with Crippen molar-refractivity contribution >= 4 is 35.7 Å². The predicted molar refractivity (Wildman–Crippen MR) is 93.7 cm³/mol. The van der Waals surface area contributed by atoms with Crippen molar-refractivity contribution in [2.45, 2.75) is 19.4 Å². The van der Waals surface area contributed by atoms with E-state index in [2.05, 4.69) is 52.5 Å². The van der Waals surface area contributed by atoms with Crippen LogP contribution in [0.1, 0.15) is 24.9 Å². The normalized spacial score (nSPS) is 16.8. The molecule has 0 amide bonds. The van der Waals surface area contributed by atoms with E-state index >= 15 is 0 Å². The summed E-state index contributed by atoms with van der Waals surface area (Å²) in [6, 6.07) is 11.2. The molecule has 1 saturated heterocycles. The maximum atomic E-state index is 4.47. The summed E-state index contributed by atoms with van der Waals surface area (Å²) in [6.07, 6.45) is 3.09. The zero-order chi connectivity index (χ0) is 13.1. The number of piperazine rings is 1. The predicted octanol–water partition coefficient (Wildman–Crippen LogP) is 3.43. The van der Waals surface area contributed by atoms with Gasteiger partial charge in [-0.2, -0.15) is 0 Å². The smallest absolute Gasteiger partial charge is 0.0705 e. The Bertz CT molecular complexity index is 551. The number of aromatic nitrogens is 1. The first-order chi connectivity index (χ1) is 9.40. The molecule has 1 aliphatic heterocycles. The number of pyridine rings is 1. The van der Waals surface area contributed by atoms with Gasteiger partial charge in [0.2, 0.25) is 0 Å². The number of nitrogens with zero attached hydrogens (tertiary/aromatic N) is 2. The van der Waals surface area contributed by atoms with E-state index < -0.39 is 0 Å². The minimum Gasteiger partial charge on any atom is -0.314 e. The number of fused-ring (bicyclic) bond motifs is 1. The second kappa shape index (κ2) is 8.54. The van der Waals surface area contributed by atoms with Crippen molar-refractivity contribution in [2.24, 2.45) is 0 Å². The van der Waals surface area contributed by atoms with E-state index in [1.54, 1.807) is 0 Å². The molecule has 1 atom stereocenters. The van der Waals surface area contributed by atoms with E-state index in [1.807, 2.05) is 6.20 Å². The van der Waals surface area contributed by atoms with Crippen LogP contribution >= 0.6 is 24.8 Å². The van der Waals surface area contributed by atoms with Gasteiger partial charge in [0.15, 0.2) is 0 Å². The largest absolute Gasteiger partial charge is 0.314 e. The first-order valence-electron chi connectivity index (χ1n) is 7.18. The Labute approximate surface area is 138 Å². The lowest BCUT2D eigenvalue weighted by Gasteiger charge is -2.35. The average Bonchev–Trinajstić information content (AvgIpc) is 2.49. The Morgan fingerprint density at radius 2 is 1.86 bits per heavy atom. The highest BCUT2D eigenvalue weighted by Crippen LogP contribution is 2.29. The van der Waals surface area contributed by atoms with Crippen LogP contribution in [0.25, 0.3) is 10.9 Å². The molecule has 5 heteroatoms. The van der Waals surface area contributed by atoms with Crippen molar-refractivity contribution in [1.82, 2.24) is 15.2 Å². The number of para-hydroxylation sites is 1. The summed E-state index contributed by atoms with van der Waals surface area (Å²) in [5.41, 5.74) is 2.53. The summed E-state index contributed by atoms with van der Waals surface area (Å²) < 4.78 is 0. The molecule has 1 aromatic heterocycles. The summed E-state index contributed by atoms with van der Waals surface area (Å²) in [4.78, 5) is 7.07. The molecule has 0 radical (unpaired) electrons. The van der Waals surface area contributed by atoms with Crippen molar-refractivity contribution in [3.05, 3.63) is 42.1 Å². The summed E-state index contributed by atoms with van der Waals surface area (Å²) in [5.74, 6) is 0. The van der Waals surface area contributed by atoms with Crippen LogP contribution in [0.5, 0.6) is 0 Å². The first kappa shape index (κ1) is 18.2. The highest BCUT2D eigenvalue weighted by atomic mass is 35.5. The van der Waals surface area contributed by atoms with Gasteiger partial charge in [-0.25, -0.2) is 0 Å². The molecule has 0 unspecified atom stereocenters. The minimum atomic E-state index is 0. The van der Waals surface area contributed by atoms with Gasteiger partial charge >= 0.3 is 0 Å². The molecule has 2 heterocycles. The molecule has 0 spiro atoms. The topological polar surface area (TPSA) is 28.2 Å². The quantitative estimate of drug-likeness (QED) is 0.936. The SMILES string of the molecule is CC[C@H](c1ccnc2ccccc12)N1CCNCC1.Cl.Cl. The van der Waals surface area contributed by atoms with Gasteiger partial charge in [0.1, 0.15) is 0 Å². The van der Waals surface area contributed by atoms with Crippen molar-refractivity contribution in [3.63, 3.8) is 0 Å². The molecule has 21 heavy (non-hydrogen) atoms. The summed E-state index contributed by atoms with van der Waals surface area (Å²) in [6.45, 7) is 6.74. The van der Waals surface area contributed by atoms with Crippen LogP contribution in [0.2, 0.25) is 0 Å². The number of halogens is 2. The van der Waals surface area contributed by atoms with Gasteiger partial charge in [-0.15, -0.1) is 24.8 Å². The molecule has 1 fully saturated rings. The summed E-state index contributed by atoms with van der Waals surface area (Å²) in [7, 11) is 0. The molecule has 116 valence electrons. The highest BCUT2D eigenvalue weighted by Gasteiger charge is 2.21. The van der Waals surface area contributed by atoms with Crippen molar-refractivity contribution in [1.29, 1.82) is 0 Å². The summed E-state index contributed by atoms with van der Waals surface area (Å²) >= 11 is 0. The Hall–Kier alpha value is -0.870. The molecule has 2 aromatic rings. The zero-order valence-corrected chi connectivity index (χ0v) is 13.9. The fourth-order valence-electron chi connectivity index (χ4n) is 3.08. The first-order valence-corrected chi connectivity index (χ1v) is 7.18. The van der Waals surface area contributed by atoms with Crippen LogP contribution in [0.3, 0.4) is 0 Å². The molecular formula is C16H23Cl2N3. The van der Waals surface area contributed by atoms with Crippen LogP contribution in [-0.2, 0) is 0 Å². The molecule has 0 aliphatic carbocycles. The molecule has 1 N–H and O–H groups in total. The van der Waals surface area contributed by atoms with Crippen LogP contribution in [0.15, 0.2) is 36.5 Å². The number of hydrogen-bond donors (Lipinski definition) is 1. The van der Waals surface area contributed by atoms with Gasteiger partial charge in [0.25, 0.3) is 0 Å². The number of hydrogen-bond acceptors (Lipinski definition) is 3. The molecule has 1 aromatic carbocycles. The highest BCUT2D eigenvalue weighted by molar-refractivity contribution is 5.85. The maximum Gasteiger partial charge on any atom is 0.0705 e. The second-order valence-electron chi connectivity index (χ2n) is 5.13. The maximum absolute atomic E-state index is 4.47. The molecule has 3 nitrogen and oxygen atoms in total. The molecule has 0 bridgehead atoms. The fraction of sp³-hybridized carbons (Fsp3) is 0.438. The number of nitrogens with one attached hydrogen (secondary N) is 1. The second-order valence-corrected chi connectivity index (χ2v) is 5.13. The average molecular weight is 328 g/mol. The molecule has 0 saturated carbocycles. The number of benzene rings is 1. The van der Waals surface area contributed by atoms with Crippen LogP contribution < -0.4 is 5.32 Å². The van der Waals surface area contributed by atoms with Gasteiger partial charge in [-0.05, 0) is 24.1 Å². The van der Waals surface area contributed by atoms with Gasteiger partial charge in [-0.1, -0.05) is 25.1 Å². The third kappa shape index (κ3) is 3.86. The molecule has 1 aliphatic rings. The van der Waals surface area contributed by atoms with E-state index in [0.717, 1.165) is 38.1 Å². The standard InChI is InChI=1S/C16H21N3.2ClH/c1-2-16(19-11-9-17-10-12-19)14-7-8-18-15-6-4-3-5-13(14)15;;/h3-8,16-17H,2,9-12H2,1H3;2*1H/t16-;;/m1../s1. The lowest BCUT2D eigenvalue weighted by atomic mass is 9.98.